The van der Waals surface area contributed by atoms with Crippen LogP contribution in [-0.4, -0.2) is 72.9 Å². The number of nitrogens with one attached hydrogen (secondary N) is 1. The molecule has 0 saturated heterocycles. The summed E-state index contributed by atoms with van der Waals surface area (Å²) in [4.78, 5) is 51.1. The summed E-state index contributed by atoms with van der Waals surface area (Å²) in [5.41, 5.74) is -1.67. The summed E-state index contributed by atoms with van der Waals surface area (Å²) in [5.74, 6) is 2.41. The monoisotopic (exact) mass is 657 g/mol. The molecular formula is C37H55NO9. The van der Waals surface area contributed by atoms with Crippen LogP contribution in [0.4, 0.5) is 0 Å². The zero-order valence-electron chi connectivity index (χ0n) is 28.7. The topological polar surface area (TPSA) is 148 Å². The van der Waals surface area contributed by atoms with E-state index in [0.29, 0.717) is 36.4 Å². The predicted molar refractivity (Wildman–Crippen MR) is 180 cm³/mol. The Morgan fingerprint density at radius 3 is 2.15 bits per heavy atom. The summed E-state index contributed by atoms with van der Waals surface area (Å²) >= 11 is 0. The number of hydrogen-bond donors (Lipinski definition) is 3. The quantitative estimate of drug-likeness (QED) is 0.0571. The summed E-state index contributed by atoms with van der Waals surface area (Å²) < 4.78 is 15.2. The van der Waals surface area contributed by atoms with Gasteiger partial charge >= 0.3 is 11.9 Å². The second-order valence-electron chi connectivity index (χ2n) is 11.6. The molecule has 262 valence electrons. The highest BCUT2D eigenvalue weighted by molar-refractivity contribution is 5.93. The molecule has 10 nitrogen and oxygen atoms in total. The Labute approximate surface area is 280 Å². The molecule has 1 amide bonds. The zero-order valence-corrected chi connectivity index (χ0v) is 28.7. The van der Waals surface area contributed by atoms with Crippen molar-refractivity contribution in [2.75, 3.05) is 27.4 Å². The minimum Gasteiger partial charge on any atom is -0.481 e. The summed E-state index contributed by atoms with van der Waals surface area (Å²) in [6.45, 7) is 3.54. The first kappa shape index (κ1) is 41.3. The van der Waals surface area contributed by atoms with E-state index in [-0.39, 0.29) is 13.0 Å². The van der Waals surface area contributed by atoms with Crippen LogP contribution in [-0.2, 0) is 35.1 Å². The van der Waals surface area contributed by atoms with Gasteiger partial charge in [0.05, 0.1) is 20.1 Å². The minimum atomic E-state index is -2.37. The third kappa shape index (κ3) is 16.1. The molecule has 0 aromatic heterocycles. The Balaban J connectivity index is 2.88. The van der Waals surface area contributed by atoms with E-state index in [1.165, 1.54) is 32.4 Å². The van der Waals surface area contributed by atoms with Crippen LogP contribution < -0.4 is 10.1 Å². The van der Waals surface area contributed by atoms with Gasteiger partial charge in [-0.3, -0.25) is 9.59 Å². The highest BCUT2D eigenvalue weighted by atomic mass is 16.5. The molecule has 3 atom stereocenters. The lowest BCUT2D eigenvalue weighted by molar-refractivity contribution is -0.172. The van der Waals surface area contributed by atoms with Gasteiger partial charge in [0.1, 0.15) is 24.2 Å². The number of benzene rings is 1. The molecule has 1 rings (SSSR count). The number of allylic oxidation sites excluding steroid dienone is 1. The highest BCUT2D eigenvalue weighted by Crippen LogP contribution is 2.26. The lowest BCUT2D eigenvalue weighted by Gasteiger charge is -2.31. The van der Waals surface area contributed by atoms with E-state index in [9.17, 15) is 29.4 Å². The van der Waals surface area contributed by atoms with Crippen molar-refractivity contribution in [1.82, 2.24) is 5.32 Å². The number of ketones is 1. The van der Waals surface area contributed by atoms with Crippen LogP contribution in [0.5, 0.6) is 5.75 Å². The Bertz CT molecular complexity index is 1170. The third-order valence-electron chi connectivity index (χ3n) is 7.95. The second-order valence-corrected chi connectivity index (χ2v) is 11.6. The van der Waals surface area contributed by atoms with Crippen molar-refractivity contribution in [1.29, 1.82) is 0 Å². The summed E-state index contributed by atoms with van der Waals surface area (Å²) in [7, 11) is 2.28. The maximum Gasteiger partial charge on any atom is 0.339 e. The molecule has 0 aliphatic rings. The van der Waals surface area contributed by atoms with Gasteiger partial charge in [-0.25, -0.2) is 9.59 Å². The first-order valence-electron chi connectivity index (χ1n) is 16.8. The molecule has 3 N–H and O–H groups in total. The number of aliphatic hydroxyl groups excluding tert-OH is 1. The molecule has 47 heavy (non-hydrogen) atoms. The van der Waals surface area contributed by atoms with Gasteiger partial charge < -0.3 is 29.7 Å². The first-order chi connectivity index (χ1) is 22.7. The van der Waals surface area contributed by atoms with Gasteiger partial charge in [0.15, 0.2) is 5.60 Å². The van der Waals surface area contributed by atoms with Gasteiger partial charge in [-0.2, -0.15) is 0 Å². The van der Waals surface area contributed by atoms with Gasteiger partial charge in [0.25, 0.3) is 0 Å². The average Bonchev–Trinajstić information content (AvgIpc) is 3.07. The number of hydrogen-bond acceptors (Lipinski definition) is 9. The number of esters is 2. The molecular weight excluding hydrogens is 602 g/mol. The van der Waals surface area contributed by atoms with E-state index in [4.69, 9.17) is 14.2 Å². The number of unbranched alkanes of at least 4 members (excludes halogenated alkanes) is 8. The number of carbonyl (C=O) groups is 4. The lowest BCUT2D eigenvalue weighted by atomic mass is 9.83. The Morgan fingerprint density at radius 1 is 0.936 bits per heavy atom. The summed E-state index contributed by atoms with van der Waals surface area (Å²) in [5, 5.41) is 23.6. The average molecular weight is 658 g/mol. The van der Waals surface area contributed by atoms with Crippen molar-refractivity contribution in [2.24, 2.45) is 5.92 Å². The van der Waals surface area contributed by atoms with Crippen LogP contribution in [0.25, 0.3) is 0 Å². The van der Waals surface area contributed by atoms with E-state index < -0.39 is 48.4 Å². The van der Waals surface area contributed by atoms with Gasteiger partial charge in [-0.1, -0.05) is 75.7 Å². The van der Waals surface area contributed by atoms with Crippen LogP contribution in [0, 0.1) is 17.8 Å². The SMILES string of the molecule is CC#CCOc1ccc(C[C@H](NC(=O)[C@@H](C=CCCCCCCC(=O)CCCCCCC)[C@@](O)(CCO)C(=O)OC)C(=O)OC)cc1. The van der Waals surface area contributed by atoms with E-state index in [1.807, 2.05) is 0 Å². The zero-order chi connectivity index (χ0) is 34.9. The van der Waals surface area contributed by atoms with Crippen LogP contribution in [0.15, 0.2) is 36.4 Å². The van der Waals surface area contributed by atoms with Gasteiger partial charge in [0.2, 0.25) is 5.91 Å². The molecule has 0 aliphatic heterocycles. The molecule has 0 bridgehead atoms. The number of amides is 1. The fraction of sp³-hybridized carbons (Fsp3) is 0.622. The maximum absolute atomic E-state index is 13.6. The molecule has 0 heterocycles. The van der Waals surface area contributed by atoms with Gasteiger partial charge in [0, 0.05) is 32.3 Å². The van der Waals surface area contributed by atoms with Crippen molar-refractivity contribution in [3.63, 3.8) is 0 Å². The molecule has 0 spiro atoms. The van der Waals surface area contributed by atoms with Crippen molar-refractivity contribution in [3.05, 3.63) is 42.0 Å². The Hall–Kier alpha value is -3.68. The van der Waals surface area contributed by atoms with E-state index in [0.717, 1.165) is 45.6 Å². The summed E-state index contributed by atoms with van der Waals surface area (Å²) in [6.07, 6.45) is 13.6. The van der Waals surface area contributed by atoms with E-state index in [1.54, 1.807) is 37.3 Å². The van der Waals surface area contributed by atoms with Crippen molar-refractivity contribution in [2.45, 2.75) is 115 Å². The molecule has 0 unspecified atom stereocenters. The van der Waals surface area contributed by atoms with Crippen molar-refractivity contribution in [3.8, 4) is 17.6 Å². The van der Waals surface area contributed by atoms with Gasteiger partial charge in [-0.05, 0) is 50.3 Å². The number of ether oxygens (including phenoxy) is 3. The molecule has 0 radical (unpaired) electrons. The fourth-order valence-corrected chi connectivity index (χ4v) is 5.16. The van der Waals surface area contributed by atoms with Crippen molar-refractivity contribution >= 4 is 23.6 Å². The largest absolute Gasteiger partial charge is 0.481 e. The number of aliphatic hydroxyl groups is 2. The molecule has 0 aliphatic carbocycles. The van der Waals surface area contributed by atoms with Crippen LogP contribution in [0.3, 0.4) is 0 Å². The van der Waals surface area contributed by atoms with Gasteiger partial charge in [-0.15, -0.1) is 5.92 Å². The highest BCUT2D eigenvalue weighted by Gasteiger charge is 2.48. The Morgan fingerprint density at radius 2 is 1.57 bits per heavy atom. The lowest BCUT2D eigenvalue weighted by Crippen LogP contribution is -2.55. The standard InChI is InChI=1S/C37H55NO9/c1-5-7-9-12-15-18-30(40)19-16-13-10-11-14-17-20-32(37(44,25-26-39)36(43)46-4)34(41)38-33(35(42)45-3)28-29-21-23-31(24-22-29)47-27-8-6-2/h17,20-24,32-33,39,44H,5,7,9-16,18-19,25-28H2,1-4H3,(H,38,41)/t32-,33+,37+/m1/s1. The molecule has 1 aromatic rings. The molecule has 10 heteroatoms. The first-order valence-corrected chi connectivity index (χ1v) is 16.8. The maximum atomic E-state index is 13.6. The fourth-order valence-electron chi connectivity index (χ4n) is 5.16. The van der Waals surface area contributed by atoms with E-state index in [2.05, 4.69) is 24.1 Å². The van der Waals surface area contributed by atoms with Crippen LogP contribution in [0.1, 0.15) is 103 Å². The number of Topliss-reactive ketones (excluding diaryl/α,β-unsaturated/α-hetero) is 1. The number of rotatable bonds is 25. The molecule has 0 saturated carbocycles. The summed E-state index contributed by atoms with van der Waals surface area (Å²) in [6, 6.07) is 5.80. The smallest absolute Gasteiger partial charge is 0.339 e. The van der Waals surface area contributed by atoms with Crippen LogP contribution >= 0.6 is 0 Å². The van der Waals surface area contributed by atoms with E-state index >= 15 is 0 Å². The normalized spacial score (nSPS) is 13.5. The minimum absolute atomic E-state index is 0.0713. The predicted octanol–water partition coefficient (Wildman–Crippen LogP) is 5.02. The number of methoxy groups -OCH3 is 2. The molecule has 0 fully saturated rings. The Kier molecular flexibility index (Phi) is 21.5. The van der Waals surface area contributed by atoms with Crippen molar-refractivity contribution < 1.29 is 43.6 Å². The third-order valence-corrected chi connectivity index (χ3v) is 7.95. The number of carbonyl (C=O) groups excluding carboxylic acids is 4. The molecule has 1 aromatic carbocycles. The van der Waals surface area contributed by atoms with Crippen LogP contribution in [0.2, 0.25) is 0 Å². The second kappa shape index (κ2) is 24.5.